The van der Waals surface area contributed by atoms with Crippen LogP contribution in [0.4, 0.5) is 14.9 Å². The van der Waals surface area contributed by atoms with Crippen molar-refractivity contribution >= 4 is 11.7 Å². The van der Waals surface area contributed by atoms with Gasteiger partial charge in [0, 0.05) is 16.9 Å². The van der Waals surface area contributed by atoms with Crippen LogP contribution in [0.15, 0.2) is 60.8 Å². The molecule has 1 aliphatic rings. The van der Waals surface area contributed by atoms with Gasteiger partial charge in [0.2, 0.25) is 0 Å². The lowest BCUT2D eigenvalue weighted by Gasteiger charge is -2.24. The minimum atomic E-state index is -0.380. The van der Waals surface area contributed by atoms with E-state index in [9.17, 15) is 9.18 Å². The molecule has 2 amide bonds. The van der Waals surface area contributed by atoms with Gasteiger partial charge in [-0.2, -0.15) is 5.10 Å². The molecule has 1 aromatic heterocycles. The Hall–Kier alpha value is -3.15. The molecule has 0 aliphatic heterocycles. The SMILES string of the molecule is O=C(Nc1cccc(F)c1)N[C@H]1CCCc2c1cnn2Cc1ccccc1. The first-order valence-corrected chi connectivity index (χ1v) is 9.10. The van der Waals surface area contributed by atoms with Crippen LogP contribution < -0.4 is 10.6 Å². The Balaban J connectivity index is 1.46. The second-order valence-electron chi connectivity index (χ2n) is 6.74. The summed E-state index contributed by atoms with van der Waals surface area (Å²) < 4.78 is 15.3. The Bertz CT molecular complexity index is 938. The molecule has 0 fully saturated rings. The number of hydrogen-bond acceptors (Lipinski definition) is 2. The molecular formula is C21H21FN4O. The molecule has 5 nitrogen and oxygen atoms in total. The zero-order valence-corrected chi connectivity index (χ0v) is 14.9. The van der Waals surface area contributed by atoms with Gasteiger partial charge in [-0.15, -0.1) is 0 Å². The maximum absolute atomic E-state index is 13.3. The summed E-state index contributed by atoms with van der Waals surface area (Å²) in [5.74, 6) is -0.380. The van der Waals surface area contributed by atoms with Crippen molar-refractivity contribution in [2.45, 2.75) is 31.8 Å². The van der Waals surface area contributed by atoms with Crippen LogP contribution in [0.1, 0.15) is 35.7 Å². The number of carbonyl (C=O) groups excluding carboxylic acids is 1. The normalized spacial score (nSPS) is 15.8. The summed E-state index contributed by atoms with van der Waals surface area (Å²) in [5, 5.41) is 10.2. The van der Waals surface area contributed by atoms with Crippen molar-refractivity contribution in [2.75, 3.05) is 5.32 Å². The average Bonchev–Trinajstić information content (AvgIpc) is 3.06. The van der Waals surface area contributed by atoms with Crippen LogP contribution in [0, 0.1) is 5.82 Å². The summed E-state index contributed by atoms with van der Waals surface area (Å²) in [6.45, 7) is 0.721. The van der Waals surface area contributed by atoms with E-state index in [-0.39, 0.29) is 17.9 Å². The molecule has 2 N–H and O–H groups in total. The maximum Gasteiger partial charge on any atom is 0.319 e. The molecule has 2 aromatic carbocycles. The van der Waals surface area contributed by atoms with Gasteiger partial charge >= 0.3 is 6.03 Å². The summed E-state index contributed by atoms with van der Waals surface area (Å²) in [6.07, 6.45) is 4.65. The molecule has 0 radical (unpaired) electrons. The molecule has 0 saturated carbocycles. The molecule has 0 unspecified atom stereocenters. The van der Waals surface area contributed by atoms with E-state index in [4.69, 9.17) is 0 Å². The highest BCUT2D eigenvalue weighted by Gasteiger charge is 2.25. The number of carbonyl (C=O) groups is 1. The second-order valence-corrected chi connectivity index (χ2v) is 6.74. The third-order valence-electron chi connectivity index (χ3n) is 4.83. The molecule has 6 heteroatoms. The van der Waals surface area contributed by atoms with Crippen molar-refractivity contribution in [3.05, 3.63) is 83.4 Å². The van der Waals surface area contributed by atoms with Gasteiger partial charge in [-0.25, -0.2) is 9.18 Å². The minimum Gasteiger partial charge on any atom is -0.331 e. The standard InChI is InChI=1S/C21H21FN4O/c22-16-8-4-9-17(12-16)24-21(27)25-19-10-5-11-20-18(19)13-23-26(20)14-15-6-2-1-3-7-15/h1-4,6-9,12-13,19H,5,10-11,14H2,(H2,24,25,27)/t19-/m0/s1. The first-order chi connectivity index (χ1) is 13.2. The van der Waals surface area contributed by atoms with Gasteiger partial charge in [0.15, 0.2) is 0 Å². The number of hydrogen-bond donors (Lipinski definition) is 2. The Kier molecular flexibility index (Phi) is 4.87. The van der Waals surface area contributed by atoms with Crippen LogP contribution in [0.5, 0.6) is 0 Å². The molecular weight excluding hydrogens is 343 g/mol. The van der Waals surface area contributed by atoms with E-state index in [1.807, 2.05) is 29.1 Å². The van der Waals surface area contributed by atoms with Gasteiger partial charge in [-0.1, -0.05) is 36.4 Å². The Morgan fingerprint density at radius 3 is 2.85 bits per heavy atom. The van der Waals surface area contributed by atoms with E-state index in [0.717, 1.165) is 31.4 Å². The van der Waals surface area contributed by atoms with Gasteiger partial charge < -0.3 is 10.6 Å². The summed E-state index contributed by atoms with van der Waals surface area (Å²) in [6, 6.07) is 15.6. The largest absolute Gasteiger partial charge is 0.331 e. The highest BCUT2D eigenvalue weighted by molar-refractivity contribution is 5.89. The van der Waals surface area contributed by atoms with Gasteiger partial charge in [-0.3, -0.25) is 4.68 Å². The second kappa shape index (κ2) is 7.61. The number of nitrogens with zero attached hydrogens (tertiary/aromatic N) is 2. The van der Waals surface area contributed by atoms with Gasteiger partial charge in [0.1, 0.15) is 5.82 Å². The Labute approximate surface area is 157 Å². The quantitative estimate of drug-likeness (QED) is 0.726. The van der Waals surface area contributed by atoms with Crippen molar-refractivity contribution in [1.29, 1.82) is 0 Å². The number of urea groups is 1. The third kappa shape index (κ3) is 4.00. The first kappa shape index (κ1) is 17.3. The molecule has 138 valence electrons. The van der Waals surface area contributed by atoms with Crippen LogP contribution >= 0.6 is 0 Å². The number of aromatic nitrogens is 2. The van der Waals surface area contributed by atoms with Crippen molar-refractivity contribution in [1.82, 2.24) is 15.1 Å². The number of benzene rings is 2. The van der Waals surface area contributed by atoms with E-state index in [0.29, 0.717) is 5.69 Å². The summed E-state index contributed by atoms with van der Waals surface area (Å²) in [5.41, 5.74) is 3.86. The van der Waals surface area contributed by atoms with E-state index in [1.54, 1.807) is 12.1 Å². The smallest absolute Gasteiger partial charge is 0.319 e. The summed E-state index contributed by atoms with van der Waals surface area (Å²) in [7, 11) is 0. The minimum absolute atomic E-state index is 0.0909. The topological polar surface area (TPSA) is 59.0 Å². The fourth-order valence-corrected chi connectivity index (χ4v) is 3.55. The molecule has 1 heterocycles. The highest BCUT2D eigenvalue weighted by atomic mass is 19.1. The number of nitrogens with one attached hydrogen (secondary N) is 2. The zero-order chi connectivity index (χ0) is 18.6. The number of anilines is 1. The fourth-order valence-electron chi connectivity index (χ4n) is 3.55. The van der Waals surface area contributed by atoms with Gasteiger partial charge in [-0.05, 0) is 43.0 Å². The highest BCUT2D eigenvalue weighted by Crippen LogP contribution is 2.30. The molecule has 1 atom stereocenters. The zero-order valence-electron chi connectivity index (χ0n) is 14.9. The number of amides is 2. The first-order valence-electron chi connectivity index (χ1n) is 9.10. The van der Waals surface area contributed by atoms with Crippen LogP contribution in [-0.2, 0) is 13.0 Å². The predicted molar refractivity (Wildman–Crippen MR) is 102 cm³/mol. The Morgan fingerprint density at radius 2 is 2.04 bits per heavy atom. The third-order valence-corrected chi connectivity index (χ3v) is 4.83. The van der Waals surface area contributed by atoms with E-state index in [1.165, 1.54) is 23.4 Å². The van der Waals surface area contributed by atoms with E-state index in [2.05, 4.69) is 27.9 Å². The molecule has 4 rings (SSSR count). The van der Waals surface area contributed by atoms with Crippen molar-refractivity contribution in [2.24, 2.45) is 0 Å². The number of rotatable bonds is 4. The predicted octanol–water partition coefficient (Wildman–Crippen LogP) is 4.27. The van der Waals surface area contributed by atoms with Crippen LogP contribution in [0.25, 0.3) is 0 Å². The summed E-state index contributed by atoms with van der Waals surface area (Å²) >= 11 is 0. The molecule has 27 heavy (non-hydrogen) atoms. The number of halogens is 1. The van der Waals surface area contributed by atoms with Crippen molar-refractivity contribution < 1.29 is 9.18 Å². The molecule has 0 saturated heterocycles. The van der Waals surface area contributed by atoms with Crippen LogP contribution in [0.3, 0.4) is 0 Å². The van der Waals surface area contributed by atoms with E-state index < -0.39 is 0 Å². The maximum atomic E-state index is 13.3. The lowest BCUT2D eigenvalue weighted by molar-refractivity contribution is 0.247. The molecule has 0 spiro atoms. The molecule has 3 aromatic rings. The lowest BCUT2D eigenvalue weighted by Crippen LogP contribution is -2.34. The van der Waals surface area contributed by atoms with Crippen LogP contribution in [-0.4, -0.2) is 15.8 Å². The monoisotopic (exact) mass is 364 g/mol. The lowest BCUT2D eigenvalue weighted by atomic mass is 9.93. The average molecular weight is 364 g/mol. The van der Waals surface area contributed by atoms with Crippen molar-refractivity contribution in [3.8, 4) is 0 Å². The van der Waals surface area contributed by atoms with Gasteiger partial charge in [0.05, 0.1) is 18.8 Å². The summed E-state index contributed by atoms with van der Waals surface area (Å²) in [4.78, 5) is 12.3. The number of fused-ring (bicyclic) bond motifs is 1. The Morgan fingerprint density at radius 1 is 1.19 bits per heavy atom. The van der Waals surface area contributed by atoms with Crippen molar-refractivity contribution in [3.63, 3.8) is 0 Å². The molecule has 0 bridgehead atoms. The van der Waals surface area contributed by atoms with Gasteiger partial charge in [0.25, 0.3) is 0 Å². The van der Waals surface area contributed by atoms with Crippen LogP contribution in [0.2, 0.25) is 0 Å². The molecule has 1 aliphatic carbocycles. The van der Waals surface area contributed by atoms with E-state index >= 15 is 0 Å². The fraction of sp³-hybridized carbons (Fsp3) is 0.238.